The van der Waals surface area contributed by atoms with Crippen LogP contribution in [0.2, 0.25) is 0 Å². The lowest BCUT2D eigenvalue weighted by Gasteiger charge is -2.23. The average Bonchev–Trinajstić information content (AvgIpc) is 2.27. The van der Waals surface area contributed by atoms with Gasteiger partial charge in [-0.2, -0.15) is 0 Å². The van der Waals surface area contributed by atoms with Crippen molar-refractivity contribution in [1.29, 1.82) is 0 Å². The van der Waals surface area contributed by atoms with Gasteiger partial charge in [0.2, 0.25) is 10.0 Å². The zero-order valence-corrected chi connectivity index (χ0v) is 12.3. The van der Waals surface area contributed by atoms with Crippen molar-refractivity contribution >= 4 is 19.9 Å². The van der Waals surface area contributed by atoms with E-state index in [0.717, 1.165) is 0 Å². The lowest BCUT2D eigenvalue weighted by atomic mass is 10.2. The van der Waals surface area contributed by atoms with Crippen molar-refractivity contribution in [3.05, 3.63) is 29.8 Å². The van der Waals surface area contributed by atoms with Gasteiger partial charge in [0.05, 0.1) is 16.4 Å². The van der Waals surface area contributed by atoms with Gasteiger partial charge in [0.1, 0.15) is 0 Å². The lowest BCUT2D eigenvalue weighted by Crippen LogP contribution is -2.43. The van der Waals surface area contributed by atoms with Crippen LogP contribution in [0.4, 0.5) is 0 Å². The van der Waals surface area contributed by atoms with Crippen molar-refractivity contribution in [1.82, 2.24) is 4.72 Å². The van der Waals surface area contributed by atoms with Gasteiger partial charge in [-0.15, -0.1) is 0 Å². The molecule has 1 aliphatic rings. The quantitative estimate of drug-likeness (QED) is 0.897. The van der Waals surface area contributed by atoms with E-state index in [0.29, 0.717) is 18.4 Å². The van der Waals surface area contributed by atoms with Crippen molar-refractivity contribution in [2.45, 2.75) is 30.7 Å². The minimum atomic E-state index is -3.66. The summed E-state index contributed by atoms with van der Waals surface area (Å²) in [6.45, 7) is 1.71. The van der Waals surface area contributed by atoms with Crippen molar-refractivity contribution < 1.29 is 16.8 Å². The highest BCUT2D eigenvalue weighted by Crippen LogP contribution is 2.18. The standard InChI is InChI=1S/C12H17NO4S2/c1-10-5-2-3-7-12(10)19(16,17)13-11-6-4-8-18(14,15)9-11/h2-3,5,7,11,13H,4,6,8-9H2,1H3. The van der Waals surface area contributed by atoms with E-state index in [1.165, 1.54) is 6.07 Å². The highest BCUT2D eigenvalue weighted by Gasteiger charge is 2.29. The van der Waals surface area contributed by atoms with Crippen LogP contribution >= 0.6 is 0 Å². The maximum Gasteiger partial charge on any atom is 0.241 e. The Bertz CT molecular complexity index is 665. The Morgan fingerprint density at radius 3 is 2.58 bits per heavy atom. The fraction of sp³-hybridized carbons (Fsp3) is 0.500. The molecular formula is C12H17NO4S2. The molecule has 0 saturated carbocycles. The molecule has 1 saturated heterocycles. The van der Waals surface area contributed by atoms with Crippen molar-refractivity contribution in [3.63, 3.8) is 0 Å². The van der Waals surface area contributed by atoms with Gasteiger partial charge in [0, 0.05) is 6.04 Å². The third-order valence-corrected chi connectivity index (χ3v) is 6.67. The average molecular weight is 303 g/mol. The Morgan fingerprint density at radius 2 is 1.95 bits per heavy atom. The number of aryl methyl sites for hydroxylation is 1. The van der Waals surface area contributed by atoms with E-state index < -0.39 is 25.9 Å². The molecule has 1 unspecified atom stereocenters. The highest BCUT2D eigenvalue weighted by molar-refractivity contribution is 7.91. The van der Waals surface area contributed by atoms with Crippen LogP contribution < -0.4 is 4.72 Å². The first kappa shape index (κ1) is 14.5. The van der Waals surface area contributed by atoms with Gasteiger partial charge in [-0.05, 0) is 31.4 Å². The molecule has 7 heteroatoms. The van der Waals surface area contributed by atoms with Crippen molar-refractivity contribution in [2.24, 2.45) is 0 Å². The highest BCUT2D eigenvalue weighted by atomic mass is 32.2. The molecule has 0 spiro atoms. The molecule has 2 rings (SSSR count). The maximum absolute atomic E-state index is 12.2. The molecule has 0 bridgehead atoms. The van der Waals surface area contributed by atoms with Gasteiger partial charge in [-0.1, -0.05) is 18.2 Å². The first-order valence-electron chi connectivity index (χ1n) is 6.08. The van der Waals surface area contributed by atoms with Crippen LogP contribution in [0.1, 0.15) is 18.4 Å². The summed E-state index contributed by atoms with van der Waals surface area (Å²) in [5.74, 6) is 0.0354. The van der Waals surface area contributed by atoms with E-state index >= 15 is 0 Å². The summed E-state index contributed by atoms with van der Waals surface area (Å²) in [6, 6.07) is 6.13. The Balaban J connectivity index is 2.21. The molecule has 1 aromatic rings. The van der Waals surface area contributed by atoms with E-state index in [2.05, 4.69) is 4.72 Å². The Labute approximate surface area is 114 Å². The summed E-state index contributed by atoms with van der Waals surface area (Å²) in [5.41, 5.74) is 0.647. The first-order valence-corrected chi connectivity index (χ1v) is 9.39. The van der Waals surface area contributed by atoms with Gasteiger partial charge >= 0.3 is 0 Å². The topological polar surface area (TPSA) is 80.3 Å². The van der Waals surface area contributed by atoms with Crippen molar-refractivity contribution in [2.75, 3.05) is 11.5 Å². The summed E-state index contributed by atoms with van der Waals surface area (Å²) in [6.07, 6.45) is 1.06. The number of sulfonamides is 1. The number of benzene rings is 1. The van der Waals surface area contributed by atoms with E-state index in [9.17, 15) is 16.8 Å². The third-order valence-electron chi connectivity index (χ3n) is 3.17. The Kier molecular flexibility index (Phi) is 3.98. The van der Waals surface area contributed by atoms with Gasteiger partial charge in [0.25, 0.3) is 0 Å². The summed E-state index contributed by atoms with van der Waals surface area (Å²) in [5, 5.41) is 0. The lowest BCUT2D eigenvalue weighted by molar-refractivity contribution is 0.517. The molecule has 0 aliphatic carbocycles. The monoisotopic (exact) mass is 303 g/mol. The smallest absolute Gasteiger partial charge is 0.229 e. The van der Waals surface area contributed by atoms with Crippen LogP contribution in [-0.4, -0.2) is 34.4 Å². The third kappa shape index (κ3) is 3.55. The predicted molar refractivity (Wildman–Crippen MR) is 73.2 cm³/mol. The second-order valence-corrected chi connectivity index (χ2v) is 8.75. The molecule has 1 aromatic carbocycles. The largest absolute Gasteiger partial charge is 0.241 e. The molecule has 5 nitrogen and oxygen atoms in total. The fourth-order valence-corrected chi connectivity index (χ4v) is 5.51. The number of hydrogen-bond acceptors (Lipinski definition) is 4. The molecule has 1 N–H and O–H groups in total. The van der Waals surface area contributed by atoms with Gasteiger partial charge < -0.3 is 0 Å². The minimum Gasteiger partial charge on any atom is -0.229 e. The maximum atomic E-state index is 12.2. The molecule has 1 heterocycles. The Hall–Kier alpha value is -0.920. The number of sulfone groups is 1. The zero-order valence-electron chi connectivity index (χ0n) is 10.7. The van der Waals surface area contributed by atoms with Crippen LogP contribution in [0.15, 0.2) is 29.2 Å². The van der Waals surface area contributed by atoms with Gasteiger partial charge in [0.15, 0.2) is 9.84 Å². The second kappa shape index (κ2) is 5.22. The zero-order chi connectivity index (χ0) is 14.1. The molecule has 106 valence electrons. The van der Waals surface area contributed by atoms with Crippen molar-refractivity contribution in [3.8, 4) is 0 Å². The van der Waals surface area contributed by atoms with Gasteiger partial charge in [-0.3, -0.25) is 0 Å². The summed E-state index contributed by atoms with van der Waals surface area (Å²) < 4.78 is 50.0. The normalized spacial score (nSPS) is 23.1. The fourth-order valence-electron chi connectivity index (χ4n) is 2.26. The molecule has 19 heavy (non-hydrogen) atoms. The number of nitrogens with one attached hydrogen (secondary N) is 1. The predicted octanol–water partition coefficient (Wildman–Crippen LogP) is 0.851. The molecule has 0 radical (unpaired) electrons. The van der Waals surface area contributed by atoms with Crippen LogP contribution in [0.3, 0.4) is 0 Å². The molecular weight excluding hydrogens is 286 g/mol. The molecule has 1 fully saturated rings. The molecule has 1 aliphatic heterocycles. The summed E-state index contributed by atoms with van der Waals surface area (Å²) in [7, 11) is -6.78. The Morgan fingerprint density at radius 1 is 1.26 bits per heavy atom. The van der Waals surface area contributed by atoms with Crippen LogP contribution in [0.5, 0.6) is 0 Å². The summed E-state index contributed by atoms with van der Waals surface area (Å²) >= 11 is 0. The molecule has 0 aromatic heterocycles. The SMILES string of the molecule is Cc1ccccc1S(=O)(=O)NC1CCCS(=O)(=O)C1. The van der Waals surface area contributed by atoms with Crippen LogP contribution in [0.25, 0.3) is 0 Å². The minimum absolute atomic E-state index is 0.113. The summed E-state index contributed by atoms with van der Waals surface area (Å²) in [4.78, 5) is 0.206. The van der Waals surface area contributed by atoms with Crippen LogP contribution in [0, 0.1) is 6.92 Å². The first-order chi connectivity index (χ1) is 8.80. The van der Waals surface area contributed by atoms with E-state index in [1.807, 2.05) is 0 Å². The van der Waals surface area contributed by atoms with E-state index in [1.54, 1.807) is 25.1 Å². The van der Waals surface area contributed by atoms with E-state index in [4.69, 9.17) is 0 Å². The van der Waals surface area contributed by atoms with E-state index in [-0.39, 0.29) is 16.4 Å². The molecule has 1 atom stereocenters. The van der Waals surface area contributed by atoms with Gasteiger partial charge in [-0.25, -0.2) is 21.6 Å². The molecule has 0 amide bonds. The number of rotatable bonds is 3. The second-order valence-electron chi connectivity index (χ2n) is 4.84. The van der Waals surface area contributed by atoms with Crippen LogP contribution in [-0.2, 0) is 19.9 Å². The number of hydrogen-bond donors (Lipinski definition) is 1.